The summed E-state index contributed by atoms with van der Waals surface area (Å²) in [6.07, 6.45) is 6.89. The molecule has 2 aromatic carbocycles. The van der Waals surface area contributed by atoms with E-state index in [-0.39, 0.29) is 5.91 Å². The second-order valence-electron chi connectivity index (χ2n) is 11.5. The zero-order valence-corrected chi connectivity index (χ0v) is 28.3. The van der Waals surface area contributed by atoms with Crippen LogP contribution in [0.4, 0.5) is 16.2 Å². The van der Waals surface area contributed by atoms with Crippen LogP contribution in [0.3, 0.4) is 0 Å². The summed E-state index contributed by atoms with van der Waals surface area (Å²) in [5, 5.41) is 18.6. The van der Waals surface area contributed by atoms with Gasteiger partial charge in [-0.3, -0.25) is 19.7 Å². The number of ether oxygens (including phenoxy) is 1. The third kappa shape index (κ3) is 9.21. The molecule has 1 fully saturated rings. The van der Waals surface area contributed by atoms with Crippen molar-refractivity contribution in [2.45, 2.75) is 26.2 Å². The lowest BCUT2D eigenvalue weighted by atomic mass is 9.97. The van der Waals surface area contributed by atoms with E-state index in [2.05, 4.69) is 68.1 Å². The molecule has 1 saturated heterocycles. The first kappa shape index (κ1) is 34.6. The van der Waals surface area contributed by atoms with E-state index in [4.69, 9.17) is 21.4 Å². The predicted octanol–water partition coefficient (Wildman–Crippen LogP) is 5.47. The number of hydrazone groups is 1. The number of rotatable bonds is 13. The molecule has 0 saturated carbocycles. The summed E-state index contributed by atoms with van der Waals surface area (Å²) in [4.78, 5) is 32.0. The monoisotopic (exact) mass is 670 g/mol. The number of carbonyl (C=O) groups is 2. The second-order valence-corrected chi connectivity index (χ2v) is 11.9. The fourth-order valence-corrected chi connectivity index (χ4v) is 5.78. The van der Waals surface area contributed by atoms with Crippen molar-refractivity contribution in [3.8, 4) is 11.1 Å². The topological polar surface area (TPSA) is 123 Å². The van der Waals surface area contributed by atoms with Gasteiger partial charge in [0.25, 0.3) is 0 Å². The highest BCUT2D eigenvalue weighted by molar-refractivity contribution is 6.34. The molecular weight excluding hydrogens is 628 g/mol. The fraction of sp³-hybridized carbons (Fsp3) is 0.333. The summed E-state index contributed by atoms with van der Waals surface area (Å²) in [6, 6.07) is 15.9. The van der Waals surface area contributed by atoms with Crippen molar-refractivity contribution in [1.29, 1.82) is 0 Å². The van der Waals surface area contributed by atoms with Crippen molar-refractivity contribution in [1.82, 2.24) is 25.5 Å². The van der Waals surface area contributed by atoms with E-state index in [9.17, 15) is 9.59 Å². The molecule has 0 bridgehead atoms. The standard InChI is InChI=1S/C36H43ClN8O3/c1-4-45-25(2)31(41-36(47)42-35-30(37)23-39-24-33(35)38-3)22-32(43-45)29-11-6-10-28(21-29)27-9-5-8-26(20-27)12-13-34(46)40-14-7-15-44-16-18-48-19-17-44/h5-6,8-11,20-24,38H,2,4,7,12-19H2,1,3H3,(H,40,46)(H2,39,41,42,47). The van der Waals surface area contributed by atoms with Gasteiger partial charge in [0.1, 0.15) is 0 Å². The molecule has 0 aliphatic carbocycles. The second kappa shape index (κ2) is 16.9. The first-order valence-electron chi connectivity index (χ1n) is 16.3. The maximum atomic E-state index is 13.1. The number of urea groups is 1. The van der Waals surface area contributed by atoms with Crippen molar-refractivity contribution in [3.05, 3.63) is 101 Å². The lowest BCUT2D eigenvalue weighted by molar-refractivity contribution is -0.121. The SMILES string of the molecule is C=C1C(NC(=O)Nc2c(Cl)cncc2NC)=CC(c2cccc(-c3cccc(CCC(=O)NCCCN4CCOCC4)c3)c2)=NN1CC. The maximum Gasteiger partial charge on any atom is 0.323 e. The maximum absolute atomic E-state index is 13.1. The molecule has 2 aliphatic rings. The van der Waals surface area contributed by atoms with Gasteiger partial charge in [0.2, 0.25) is 5.91 Å². The predicted molar refractivity (Wildman–Crippen MR) is 192 cm³/mol. The van der Waals surface area contributed by atoms with Crippen molar-refractivity contribution in [2.75, 3.05) is 63.6 Å². The zero-order valence-electron chi connectivity index (χ0n) is 27.5. The number of amides is 3. The van der Waals surface area contributed by atoms with Gasteiger partial charge >= 0.3 is 6.03 Å². The average Bonchev–Trinajstić information content (AvgIpc) is 3.11. The van der Waals surface area contributed by atoms with E-state index in [0.29, 0.717) is 59.4 Å². The van der Waals surface area contributed by atoms with Gasteiger partial charge in [0, 0.05) is 51.4 Å². The number of hydrogen-bond donors (Lipinski definition) is 4. The Morgan fingerprint density at radius 1 is 1.02 bits per heavy atom. The summed E-state index contributed by atoms with van der Waals surface area (Å²) in [5.74, 6) is 0.0676. The zero-order chi connectivity index (χ0) is 33.9. The van der Waals surface area contributed by atoms with Gasteiger partial charge in [0.15, 0.2) is 0 Å². The summed E-state index contributed by atoms with van der Waals surface area (Å²) in [7, 11) is 1.73. The van der Waals surface area contributed by atoms with Crippen molar-refractivity contribution in [2.24, 2.45) is 5.10 Å². The van der Waals surface area contributed by atoms with Gasteiger partial charge in [-0.05, 0) is 55.1 Å². The van der Waals surface area contributed by atoms with Crippen LogP contribution in [-0.2, 0) is 16.0 Å². The minimum Gasteiger partial charge on any atom is -0.385 e. The number of nitrogens with one attached hydrogen (secondary N) is 4. The summed E-state index contributed by atoms with van der Waals surface area (Å²) >= 11 is 6.30. The third-order valence-corrected chi connectivity index (χ3v) is 8.51. The lowest BCUT2D eigenvalue weighted by Crippen LogP contribution is -2.38. The number of likely N-dealkylation sites (N-methyl/N-ethyl adjacent to an activating group) is 1. The van der Waals surface area contributed by atoms with Crippen LogP contribution in [0.2, 0.25) is 5.02 Å². The van der Waals surface area contributed by atoms with Crippen LogP contribution in [0.15, 0.2) is 90.1 Å². The van der Waals surface area contributed by atoms with Crippen molar-refractivity contribution in [3.63, 3.8) is 0 Å². The van der Waals surface area contributed by atoms with E-state index in [1.807, 2.05) is 31.2 Å². The molecule has 0 spiro atoms. The van der Waals surface area contributed by atoms with Gasteiger partial charge in [-0.1, -0.05) is 60.6 Å². The Bertz CT molecular complexity index is 1690. The minimum atomic E-state index is -0.475. The van der Waals surface area contributed by atoms with E-state index in [0.717, 1.165) is 61.5 Å². The number of aryl methyl sites for hydroxylation is 1. The molecule has 252 valence electrons. The molecule has 2 aliphatic heterocycles. The molecule has 4 N–H and O–H groups in total. The largest absolute Gasteiger partial charge is 0.385 e. The molecular formula is C36H43ClN8O3. The van der Waals surface area contributed by atoms with Gasteiger partial charge < -0.3 is 26.0 Å². The normalized spacial score (nSPS) is 15.0. The number of morpholine rings is 1. The Morgan fingerprint density at radius 2 is 1.77 bits per heavy atom. The smallest absolute Gasteiger partial charge is 0.323 e. The molecule has 0 atom stereocenters. The van der Waals surface area contributed by atoms with E-state index in [1.165, 1.54) is 6.20 Å². The molecule has 48 heavy (non-hydrogen) atoms. The molecule has 0 radical (unpaired) electrons. The van der Waals surface area contributed by atoms with Gasteiger partial charge in [-0.2, -0.15) is 5.10 Å². The highest BCUT2D eigenvalue weighted by Crippen LogP contribution is 2.29. The summed E-state index contributed by atoms with van der Waals surface area (Å²) in [6.45, 7) is 11.8. The van der Waals surface area contributed by atoms with Crippen LogP contribution in [0.1, 0.15) is 30.9 Å². The van der Waals surface area contributed by atoms with Crippen LogP contribution in [0.5, 0.6) is 0 Å². The van der Waals surface area contributed by atoms with Gasteiger partial charge in [-0.15, -0.1) is 0 Å². The number of nitrogens with zero attached hydrogens (tertiary/aromatic N) is 4. The number of benzene rings is 2. The van der Waals surface area contributed by atoms with Crippen LogP contribution in [0, 0.1) is 0 Å². The Hall–Kier alpha value is -4.71. The summed E-state index contributed by atoms with van der Waals surface area (Å²) in [5.41, 5.74) is 6.82. The number of halogens is 1. The number of carbonyl (C=O) groups excluding carboxylic acids is 2. The van der Waals surface area contributed by atoms with Crippen LogP contribution < -0.4 is 21.3 Å². The van der Waals surface area contributed by atoms with Crippen LogP contribution in [0.25, 0.3) is 11.1 Å². The Kier molecular flexibility index (Phi) is 12.2. The van der Waals surface area contributed by atoms with E-state index >= 15 is 0 Å². The fourth-order valence-electron chi connectivity index (χ4n) is 5.57. The van der Waals surface area contributed by atoms with Crippen LogP contribution >= 0.6 is 11.6 Å². The quantitative estimate of drug-likeness (QED) is 0.178. The highest BCUT2D eigenvalue weighted by atomic mass is 35.5. The van der Waals surface area contributed by atoms with E-state index < -0.39 is 6.03 Å². The van der Waals surface area contributed by atoms with E-state index in [1.54, 1.807) is 18.3 Å². The molecule has 3 aromatic rings. The Labute approximate surface area is 287 Å². The molecule has 1 aromatic heterocycles. The molecule has 12 heteroatoms. The van der Waals surface area contributed by atoms with Crippen molar-refractivity contribution < 1.29 is 14.3 Å². The molecule has 3 amide bonds. The number of pyridine rings is 1. The average molecular weight is 671 g/mol. The number of anilines is 2. The minimum absolute atomic E-state index is 0.0676. The number of hydrogen-bond acceptors (Lipinski definition) is 8. The third-order valence-electron chi connectivity index (χ3n) is 8.22. The first-order valence-corrected chi connectivity index (χ1v) is 16.6. The van der Waals surface area contributed by atoms with Crippen LogP contribution in [-0.4, -0.2) is 85.5 Å². The first-order chi connectivity index (χ1) is 23.3. The Morgan fingerprint density at radius 3 is 2.54 bits per heavy atom. The lowest BCUT2D eigenvalue weighted by Gasteiger charge is -2.27. The molecule has 3 heterocycles. The van der Waals surface area contributed by atoms with Gasteiger partial charge in [-0.25, -0.2) is 4.79 Å². The molecule has 0 unspecified atom stereocenters. The highest BCUT2D eigenvalue weighted by Gasteiger charge is 2.21. The molecule has 5 rings (SSSR count). The Balaban J connectivity index is 1.22. The molecule has 11 nitrogen and oxygen atoms in total. The van der Waals surface area contributed by atoms with Gasteiger partial charge in [0.05, 0.1) is 52.9 Å². The number of aromatic nitrogens is 1. The van der Waals surface area contributed by atoms with Crippen molar-refractivity contribution >= 4 is 40.6 Å². The number of allylic oxidation sites excluding steroid dienone is 1. The summed E-state index contributed by atoms with van der Waals surface area (Å²) < 4.78 is 5.40.